The summed E-state index contributed by atoms with van der Waals surface area (Å²) in [5.41, 5.74) is 2.01. The molecule has 1 atom stereocenters. The van der Waals surface area contributed by atoms with E-state index in [-0.39, 0.29) is 18.6 Å². The fourth-order valence-corrected chi connectivity index (χ4v) is 3.46. The SMILES string of the molecule is CCOc1cc2c(cc1CNC(=O)COc1cccc(Oc3ccccn3)c1)O[C@@H](C)C2. The van der Waals surface area contributed by atoms with E-state index in [4.69, 9.17) is 18.9 Å². The van der Waals surface area contributed by atoms with Crippen LogP contribution in [0.15, 0.2) is 60.8 Å². The average Bonchev–Trinajstić information content (AvgIpc) is 3.16. The Morgan fingerprint density at radius 1 is 1.12 bits per heavy atom. The maximum absolute atomic E-state index is 12.4. The fourth-order valence-electron chi connectivity index (χ4n) is 3.46. The molecule has 3 aromatic rings. The van der Waals surface area contributed by atoms with E-state index in [0.29, 0.717) is 30.5 Å². The van der Waals surface area contributed by atoms with E-state index < -0.39 is 0 Å². The predicted octanol–water partition coefficient (Wildman–Crippen LogP) is 4.29. The molecule has 0 unspecified atom stereocenters. The topological polar surface area (TPSA) is 78.9 Å². The Morgan fingerprint density at radius 2 is 2.00 bits per heavy atom. The monoisotopic (exact) mass is 434 g/mol. The summed E-state index contributed by atoms with van der Waals surface area (Å²) in [6.07, 6.45) is 2.67. The maximum Gasteiger partial charge on any atom is 0.258 e. The largest absolute Gasteiger partial charge is 0.494 e. The van der Waals surface area contributed by atoms with E-state index in [1.165, 1.54) is 0 Å². The molecule has 1 aliphatic heterocycles. The minimum Gasteiger partial charge on any atom is -0.494 e. The van der Waals surface area contributed by atoms with Gasteiger partial charge in [0, 0.05) is 42.4 Å². The van der Waals surface area contributed by atoms with Crippen LogP contribution in [0.25, 0.3) is 0 Å². The smallest absolute Gasteiger partial charge is 0.258 e. The normalized spacial score (nSPS) is 14.2. The Kier molecular flexibility index (Phi) is 6.75. The highest BCUT2D eigenvalue weighted by Crippen LogP contribution is 2.35. The Morgan fingerprint density at radius 3 is 2.81 bits per heavy atom. The highest BCUT2D eigenvalue weighted by atomic mass is 16.5. The van der Waals surface area contributed by atoms with Gasteiger partial charge in [0.2, 0.25) is 5.88 Å². The van der Waals surface area contributed by atoms with Crippen molar-refractivity contribution in [2.75, 3.05) is 13.2 Å². The van der Waals surface area contributed by atoms with E-state index >= 15 is 0 Å². The lowest BCUT2D eigenvalue weighted by Gasteiger charge is -2.14. The van der Waals surface area contributed by atoms with Gasteiger partial charge in [0.1, 0.15) is 29.1 Å². The van der Waals surface area contributed by atoms with Gasteiger partial charge < -0.3 is 24.3 Å². The second-order valence-corrected chi connectivity index (χ2v) is 7.44. The molecule has 0 spiro atoms. The number of aromatic nitrogens is 1. The third-order valence-electron chi connectivity index (χ3n) is 4.89. The van der Waals surface area contributed by atoms with E-state index in [1.807, 2.05) is 38.1 Å². The lowest BCUT2D eigenvalue weighted by Crippen LogP contribution is -2.28. The number of carbonyl (C=O) groups is 1. The molecule has 0 bridgehead atoms. The van der Waals surface area contributed by atoms with Gasteiger partial charge in [-0.3, -0.25) is 4.79 Å². The number of carbonyl (C=O) groups excluding carboxylic acids is 1. The first kappa shape index (κ1) is 21.5. The number of benzene rings is 2. The molecule has 2 heterocycles. The molecule has 1 amide bonds. The number of hydrogen-bond acceptors (Lipinski definition) is 6. The lowest BCUT2D eigenvalue weighted by molar-refractivity contribution is -0.123. The van der Waals surface area contributed by atoms with E-state index in [0.717, 1.165) is 29.0 Å². The van der Waals surface area contributed by atoms with Crippen LogP contribution < -0.4 is 24.3 Å². The number of pyridine rings is 1. The molecule has 0 fully saturated rings. The molecule has 1 aliphatic rings. The van der Waals surface area contributed by atoms with Crippen molar-refractivity contribution in [1.29, 1.82) is 0 Å². The number of ether oxygens (including phenoxy) is 4. The van der Waals surface area contributed by atoms with Crippen LogP contribution in [0.1, 0.15) is 25.0 Å². The molecule has 32 heavy (non-hydrogen) atoms. The van der Waals surface area contributed by atoms with Crippen molar-refractivity contribution in [1.82, 2.24) is 10.3 Å². The molecule has 1 N–H and O–H groups in total. The first-order valence-electron chi connectivity index (χ1n) is 10.6. The highest BCUT2D eigenvalue weighted by Gasteiger charge is 2.22. The Balaban J connectivity index is 1.32. The number of rotatable bonds is 9. The first-order valence-corrected chi connectivity index (χ1v) is 10.6. The van der Waals surface area contributed by atoms with Gasteiger partial charge in [-0.15, -0.1) is 0 Å². The summed E-state index contributed by atoms with van der Waals surface area (Å²) in [6.45, 7) is 4.74. The zero-order valence-electron chi connectivity index (χ0n) is 18.2. The Labute approximate surface area is 187 Å². The third-order valence-corrected chi connectivity index (χ3v) is 4.89. The van der Waals surface area contributed by atoms with Crippen LogP contribution in [0.4, 0.5) is 0 Å². The van der Waals surface area contributed by atoms with E-state index in [9.17, 15) is 4.79 Å². The molecule has 0 saturated carbocycles. The molecular weight excluding hydrogens is 408 g/mol. The number of amides is 1. The fraction of sp³-hybridized carbons (Fsp3) is 0.280. The first-order chi connectivity index (χ1) is 15.6. The summed E-state index contributed by atoms with van der Waals surface area (Å²) >= 11 is 0. The van der Waals surface area contributed by atoms with Crippen LogP contribution in [0.2, 0.25) is 0 Å². The minimum absolute atomic E-state index is 0.116. The van der Waals surface area contributed by atoms with Crippen LogP contribution in [0.5, 0.6) is 28.9 Å². The molecular formula is C25H26N2O5. The molecule has 7 nitrogen and oxygen atoms in total. The second-order valence-electron chi connectivity index (χ2n) is 7.44. The number of nitrogens with one attached hydrogen (secondary N) is 1. The minimum atomic E-state index is -0.238. The zero-order valence-corrected chi connectivity index (χ0v) is 18.2. The standard InChI is InChI=1S/C25H26N2O5/c1-3-29-22-12-18-11-17(2)31-23(18)13-19(22)15-27-24(28)16-30-20-7-6-8-21(14-20)32-25-9-4-5-10-26-25/h4-10,12-14,17H,3,11,15-16H2,1-2H3,(H,27,28)/t17-/m0/s1. The summed E-state index contributed by atoms with van der Waals surface area (Å²) in [5, 5.41) is 2.88. The summed E-state index contributed by atoms with van der Waals surface area (Å²) < 4.78 is 22.9. The van der Waals surface area contributed by atoms with Crippen LogP contribution in [0, 0.1) is 0 Å². The molecule has 0 aliphatic carbocycles. The second kappa shape index (κ2) is 10.0. The summed E-state index contributed by atoms with van der Waals surface area (Å²) in [4.78, 5) is 16.5. The summed E-state index contributed by atoms with van der Waals surface area (Å²) in [6, 6.07) is 16.5. The average molecular weight is 434 g/mol. The summed E-state index contributed by atoms with van der Waals surface area (Å²) in [7, 11) is 0. The number of fused-ring (bicyclic) bond motifs is 1. The van der Waals surface area contributed by atoms with Gasteiger partial charge in [0.15, 0.2) is 6.61 Å². The molecule has 2 aromatic carbocycles. The molecule has 0 saturated heterocycles. The van der Waals surface area contributed by atoms with Crippen molar-refractivity contribution in [3.05, 3.63) is 71.9 Å². The molecule has 166 valence electrons. The van der Waals surface area contributed by atoms with E-state index in [2.05, 4.69) is 10.3 Å². The van der Waals surface area contributed by atoms with E-state index in [1.54, 1.807) is 36.5 Å². The van der Waals surface area contributed by atoms with Crippen molar-refractivity contribution >= 4 is 5.91 Å². The lowest BCUT2D eigenvalue weighted by atomic mass is 10.1. The Bertz CT molecular complexity index is 1070. The van der Waals surface area contributed by atoms with Gasteiger partial charge in [-0.1, -0.05) is 12.1 Å². The van der Waals surface area contributed by atoms with Crippen LogP contribution in [-0.2, 0) is 17.8 Å². The van der Waals surface area contributed by atoms with Crippen molar-refractivity contribution in [2.45, 2.75) is 32.9 Å². The van der Waals surface area contributed by atoms with Gasteiger partial charge in [-0.2, -0.15) is 0 Å². The molecule has 0 radical (unpaired) electrons. The van der Waals surface area contributed by atoms with Gasteiger partial charge >= 0.3 is 0 Å². The van der Waals surface area contributed by atoms with Crippen molar-refractivity contribution < 1.29 is 23.7 Å². The van der Waals surface area contributed by atoms with Gasteiger partial charge in [-0.05, 0) is 44.2 Å². The molecule has 7 heteroatoms. The van der Waals surface area contributed by atoms with Crippen molar-refractivity contribution in [2.24, 2.45) is 0 Å². The van der Waals surface area contributed by atoms with Crippen molar-refractivity contribution in [3.63, 3.8) is 0 Å². The van der Waals surface area contributed by atoms with Gasteiger partial charge in [0.05, 0.1) is 6.61 Å². The van der Waals surface area contributed by atoms with Crippen molar-refractivity contribution in [3.8, 4) is 28.9 Å². The zero-order chi connectivity index (χ0) is 22.3. The number of hydrogen-bond donors (Lipinski definition) is 1. The maximum atomic E-state index is 12.4. The molecule has 1 aromatic heterocycles. The highest BCUT2D eigenvalue weighted by molar-refractivity contribution is 5.77. The van der Waals surface area contributed by atoms with Gasteiger partial charge in [-0.25, -0.2) is 4.98 Å². The molecule has 4 rings (SSSR count). The predicted molar refractivity (Wildman–Crippen MR) is 119 cm³/mol. The van der Waals surface area contributed by atoms with Crippen LogP contribution in [0.3, 0.4) is 0 Å². The van der Waals surface area contributed by atoms with Crippen LogP contribution in [-0.4, -0.2) is 30.2 Å². The number of nitrogens with zero attached hydrogens (tertiary/aromatic N) is 1. The van der Waals surface area contributed by atoms with Crippen LogP contribution >= 0.6 is 0 Å². The third kappa shape index (κ3) is 5.49. The quantitative estimate of drug-likeness (QED) is 0.541. The van der Waals surface area contributed by atoms with Gasteiger partial charge in [0.25, 0.3) is 5.91 Å². The Hall–Kier alpha value is -3.74. The summed E-state index contributed by atoms with van der Waals surface area (Å²) in [5.74, 6) is 2.98.